The molecule has 0 spiro atoms. The first-order valence-electron chi connectivity index (χ1n) is 24.6. The van der Waals surface area contributed by atoms with Crippen LogP contribution in [0.2, 0.25) is 5.02 Å². The molecule has 1 atom stereocenters. The number of aromatic nitrogens is 1. The monoisotopic (exact) mass is 1070 g/mol. The SMILES string of the molecule is Cc1cc(S(=O)(=O)Nc2ccc(N3CCN(c4cccc(-c5c(C(=O)NS(C)(=O)=O)c(C)n(C(C)C)c5-c5ccc(Cl)cc5)c4)CC3)cc2)ccc1NC(CCN1CCC(C(=O)O)CC1)CSc1ccccc1. The first kappa shape index (κ1) is 53.3. The predicted molar refractivity (Wildman–Crippen MR) is 297 cm³/mol. The summed E-state index contributed by atoms with van der Waals surface area (Å²) in [5, 5.41) is 13.7. The number of carboxylic acid groups (broad SMARTS) is 1. The van der Waals surface area contributed by atoms with Gasteiger partial charge in [-0.2, -0.15) is 0 Å². The first-order valence-corrected chi connectivity index (χ1v) is 29.3. The quantitative estimate of drug-likeness (QED) is 0.0567. The van der Waals surface area contributed by atoms with E-state index in [1.807, 2.05) is 94.4 Å². The molecule has 0 aliphatic carbocycles. The van der Waals surface area contributed by atoms with Gasteiger partial charge in [0.2, 0.25) is 10.0 Å². The summed E-state index contributed by atoms with van der Waals surface area (Å²) in [7, 11) is -7.77. The lowest BCUT2D eigenvalue weighted by atomic mass is 9.96. The Morgan fingerprint density at radius 3 is 2.04 bits per heavy atom. The molecule has 2 fully saturated rings. The van der Waals surface area contributed by atoms with Gasteiger partial charge in [0.25, 0.3) is 15.9 Å². The van der Waals surface area contributed by atoms with Crippen LogP contribution in [-0.2, 0) is 24.8 Å². The second-order valence-electron chi connectivity index (χ2n) is 19.2. The van der Waals surface area contributed by atoms with E-state index in [2.05, 4.69) is 52.2 Å². The summed E-state index contributed by atoms with van der Waals surface area (Å²) in [4.78, 5) is 33.6. The third-order valence-corrected chi connectivity index (χ3v) is 17.0. The minimum absolute atomic E-state index is 0.0601. The maximum absolute atomic E-state index is 13.8. The van der Waals surface area contributed by atoms with E-state index < -0.39 is 31.9 Å². The minimum atomic E-state index is -3.91. The molecular weight excluding hydrogens is 1000 g/mol. The molecule has 4 N–H and O–H groups in total. The van der Waals surface area contributed by atoms with Gasteiger partial charge in [0.1, 0.15) is 0 Å². The molecule has 386 valence electrons. The van der Waals surface area contributed by atoms with Gasteiger partial charge in [-0.15, -0.1) is 11.8 Å². The summed E-state index contributed by atoms with van der Waals surface area (Å²) in [6.45, 7) is 13.0. The highest BCUT2D eigenvalue weighted by molar-refractivity contribution is 7.99. The number of sulfonamides is 2. The number of aliphatic carboxylic acids is 1. The number of carbonyl (C=O) groups is 2. The Labute approximate surface area is 439 Å². The molecule has 73 heavy (non-hydrogen) atoms. The maximum atomic E-state index is 13.8. The fourth-order valence-corrected chi connectivity index (χ4v) is 12.6. The maximum Gasteiger partial charge on any atom is 0.306 e. The number of thioether (sulfide) groups is 1. The number of carboxylic acids is 1. The van der Waals surface area contributed by atoms with Crippen LogP contribution in [0.5, 0.6) is 0 Å². The average Bonchev–Trinajstić information content (AvgIpc) is 3.68. The van der Waals surface area contributed by atoms with E-state index in [1.54, 1.807) is 48.2 Å². The Kier molecular flexibility index (Phi) is 16.8. The van der Waals surface area contributed by atoms with Gasteiger partial charge in [-0.1, -0.05) is 54.1 Å². The number of anilines is 4. The standard InChI is InChI=1S/C55H64ClN7O7S3/c1-37(2)63-39(4)51(54(64)59-72(5,67)68)52(53(63)40-14-16-43(56)17-15-40)42-10-9-11-47(35-42)62-32-30-61(31-33-62)46-20-18-44(19-21-46)58-73(69,70)49-22-23-50(38(3)34-49)57-45(36-71-48-12-7-6-8-13-48)26-29-60-27-24-41(25-28-60)55(65)66/h6-23,34-35,37,41,45,57-58H,24-33,36H2,1-5H3,(H,59,64)(H,65,66). The Morgan fingerprint density at radius 1 is 0.767 bits per heavy atom. The second kappa shape index (κ2) is 23.1. The highest BCUT2D eigenvalue weighted by Crippen LogP contribution is 2.43. The number of hydrogen-bond donors (Lipinski definition) is 4. The number of amides is 1. The number of hydrogen-bond acceptors (Lipinski definition) is 11. The molecule has 1 aromatic heterocycles. The molecule has 6 aromatic rings. The Hall–Kier alpha value is -5.98. The smallest absolute Gasteiger partial charge is 0.306 e. The number of piperazine rings is 1. The van der Waals surface area contributed by atoms with Crippen LogP contribution in [-0.4, -0.2) is 107 Å². The third kappa shape index (κ3) is 13.2. The van der Waals surface area contributed by atoms with Gasteiger partial charge in [0.05, 0.1) is 28.3 Å². The van der Waals surface area contributed by atoms with E-state index in [9.17, 15) is 31.5 Å². The van der Waals surface area contributed by atoms with Gasteiger partial charge >= 0.3 is 5.97 Å². The summed E-state index contributed by atoms with van der Waals surface area (Å²) in [5.74, 6) is -0.880. The number of carbonyl (C=O) groups excluding carboxylic acids is 1. The van der Waals surface area contributed by atoms with Crippen molar-refractivity contribution >= 4 is 78.0 Å². The van der Waals surface area contributed by atoms with Gasteiger partial charge in [0.15, 0.2) is 0 Å². The molecule has 14 nitrogen and oxygen atoms in total. The third-order valence-electron chi connectivity index (χ3n) is 13.6. The number of nitrogens with one attached hydrogen (secondary N) is 3. The van der Waals surface area contributed by atoms with Crippen LogP contribution >= 0.6 is 23.4 Å². The highest BCUT2D eigenvalue weighted by Gasteiger charge is 2.31. The van der Waals surface area contributed by atoms with Crippen molar-refractivity contribution in [1.29, 1.82) is 0 Å². The number of halogens is 1. The molecule has 18 heteroatoms. The van der Waals surface area contributed by atoms with Crippen LogP contribution < -0.4 is 24.6 Å². The van der Waals surface area contributed by atoms with E-state index in [0.29, 0.717) is 61.0 Å². The largest absolute Gasteiger partial charge is 0.481 e. The number of piperidine rings is 1. The lowest BCUT2D eigenvalue weighted by molar-refractivity contribution is -0.143. The van der Waals surface area contributed by atoms with E-state index in [4.69, 9.17) is 11.6 Å². The minimum Gasteiger partial charge on any atom is -0.481 e. The molecule has 5 aromatic carbocycles. The zero-order valence-corrected chi connectivity index (χ0v) is 45.1. The molecule has 3 heterocycles. The van der Waals surface area contributed by atoms with Crippen molar-refractivity contribution < 1.29 is 31.5 Å². The van der Waals surface area contributed by atoms with E-state index in [0.717, 1.165) is 77.5 Å². The molecule has 2 saturated heterocycles. The van der Waals surface area contributed by atoms with Crippen LogP contribution in [0.1, 0.15) is 60.8 Å². The van der Waals surface area contributed by atoms with Crippen molar-refractivity contribution in [2.45, 2.75) is 68.8 Å². The van der Waals surface area contributed by atoms with Gasteiger partial charge in [-0.25, -0.2) is 21.6 Å². The van der Waals surface area contributed by atoms with Crippen LogP contribution in [0.4, 0.5) is 22.7 Å². The summed E-state index contributed by atoms with van der Waals surface area (Å²) in [5.41, 5.74) is 8.02. The number of likely N-dealkylation sites (tertiary alicyclic amines) is 1. The van der Waals surface area contributed by atoms with Crippen molar-refractivity contribution in [2.75, 3.05) is 77.7 Å². The molecule has 0 saturated carbocycles. The Balaban J connectivity index is 0.920. The Bertz CT molecular complexity index is 3140. The van der Waals surface area contributed by atoms with Crippen LogP contribution in [0.15, 0.2) is 131 Å². The van der Waals surface area contributed by atoms with Crippen LogP contribution in [0.25, 0.3) is 22.4 Å². The summed E-state index contributed by atoms with van der Waals surface area (Å²) in [6, 6.07) is 38.3. The lowest BCUT2D eigenvalue weighted by Crippen LogP contribution is -2.46. The molecule has 2 aliphatic rings. The second-order valence-corrected chi connectivity index (χ2v) is 24.2. The number of nitrogens with zero attached hydrogens (tertiary/aromatic N) is 4. The topological polar surface area (TPSA) is 173 Å². The number of rotatable bonds is 19. The van der Waals surface area contributed by atoms with Crippen molar-refractivity contribution in [3.8, 4) is 22.4 Å². The molecule has 1 amide bonds. The van der Waals surface area contributed by atoms with Gasteiger partial charge in [0, 0.05) is 94.5 Å². The zero-order chi connectivity index (χ0) is 52.0. The van der Waals surface area contributed by atoms with E-state index >= 15 is 0 Å². The molecule has 0 bridgehead atoms. The van der Waals surface area contributed by atoms with Crippen molar-refractivity contribution in [3.05, 3.63) is 143 Å². The number of benzene rings is 5. The predicted octanol–water partition coefficient (Wildman–Crippen LogP) is 10.2. The van der Waals surface area contributed by atoms with Crippen molar-refractivity contribution in [2.24, 2.45) is 5.92 Å². The van der Waals surface area contributed by atoms with Crippen molar-refractivity contribution in [3.63, 3.8) is 0 Å². The average molecular weight is 1070 g/mol. The van der Waals surface area contributed by atoms with Crippen LogP contribution in [0.3, 0.4) is 0 Å². The first-order chi connectivity index (χ1) is 34.8. The highest BCUT2D eigenvalue weighted by atomic mass is 35.5. The number of aryl methyl sites for hydroxylation is 1. The van der Waals surface area contributed by atoms with E-state index in [1.165, 1.54) is 4.90 Å². The van der Waals surface area contributed by atoms with Gasteiger partial charge in [-0.05, 0) is 156 Å². The summed E-state index contributed by atoms with van der Waals surface area (Å²) < 4.78 is 59.3. The van der Waals surface area contributed by atoms with E-state index in [-0.39, 0.29) is 28.5 Å². The van der Waals surface area contributed by atoms with Gasteiger partial charge in [-0.3, -0.25) is 14.3 Å². The molecule has 2 aliphatic heterocycles. The summed E-state index contributed by atoms with van der Waals surface area (Å²) in [6.07, 6.45) is 3.14. The lowest BCUT2D eigenvalue weighted by Gasteiger charge is -2.37. The van der Waals surface area contributed by atoms with Crippen molar-refractivity contribution in [1.82, 2.24) is 14.2 Å². The zero-order valence-electron chi connectivity index (χ0n) is 41.8. The van der Waals surface area contributed by atoms with Crippen LogP contribution in [0, 0.1) is 19.8 Å². The fraction of sp³-hybridized carbons (Fsp3) is 0.345. The molecule has 1 unspecified atom stereocenters. The normalized spacial score (nSPS) is 15.3. The fourth-order valence-electron chi connectivity index (χ4n) is 9.90. The Morgan fingerprint density at radius 2 is 1.42 bits per heavy atom. The molecular formula is C55H64ClN7O7S3. The summed E-state index contributed by atoms with van der Waals surface area (Å²) >= 11 is 8.08. The molecule has 0 radical (unpaired) electrons. The molecule has 8 rings (SSSR count). The van der Waals surface area contributed by atoms with Gasteiger partial charge < -0.3 is 29.7 Å².